The Morgan fingerprint density at radius 3 is 2.92 bits per heavy atom. The van der Waals surface area contributed by atoms with Crippen LogP contribution < -0.4 is 5.56 Å². The number of aryl methyl sites for hydroxylation is 2. The summed E-state index contributed by atoms with van der Waals surface area (Å²) in [6.07, 6.45) is 0.840. The monoisotopic (exact) mass is 379 g/mol. The molecule has 0 radical (unpaired) electrons. The average Bonchev–Trinajstić information content (AvgIpc) is 2.95. The maximum atomic E-state index is 13.0. The molecule has 5 rings (SSSR count). The fourth-order valence-electron chi connectivity index (χ4n) is 3.69. The van der Waals surface area contributed by atoms with Crippen LogP contribution in [0.15, 0.2) is 45.7 Å². The van der Waals surface area contributed by atoms with Gasteiger partial charge in [-0.05, 0) is 58.6 Å². The van der Waals surface area contributed by atoms with Gasteiger partial charge in [-0.2, -0.15) is 0 Å². The third-order valence-electron chi connectivity index (χ3n) is 4.78. The Hall–Kier alpha value is -2.40. The summed E-state index contributed by atoms with van der Waals surface area (Å²) in [6.45, 7) is 2.65. The lowest BCUT2D eigenvalue weighted by molar-refractivity contribution is 0.653. The van der Waals surface area contributed by atoms with Crippen molar-refractivity contribution in [2.24, 2.45) is 0 Å². The second kappa shape index (κ2) is 4.80. The van der Waals surface area contributed by atoms with Crippen LogP contribution in [-0.4, -0.2) is 14.5 Å². The fraction of sp³-hybridized carbons (Fsp3) is 0.158. The minimum Gasteiger partial charge on any atom is -0.352 e. The van der Waals surface area contributed by atoms with E-state index in [4.69, 9.17) is 4.98 Å². The molecule has 0 bridgehead atoms. The molecule has 4 nitrogen and oxygen atoms in total. The molecule has 2 aromatic carbocycles. The first-order valence-corrected chi connectivity index (χ1v) is 8.73. The molecule has 24 heavy (non-hydrogen) atoms. The third kappa shape index (κ3) is 1.79. The van der Waals surface area contributed by atoms with Gasteiger partial charge in [0.1, 0.15) is 0 Å². The molecule has 0 unspecified atom stereocenters. The molecule has 4 aromatic rings. The number of hydrogen-bond donors (Lipinski definition) is 1. The highest BCUT2D eigenvalue weighted by Gasteiger charge is 2.24. The van der Waals surface area contributed by atoms with Gasteiger partial charge in [-0.1, -0.05) is 18.2 Å². The number of nitrogens with one attached hydrogen (secondary N) is 1. The molecule has 0 amide bonds. The van der Waals surface area contributed by atoms with Crippen molar-refractivity contribution in [3.05, 3.63) is 62.4 Å². The number of aromatic amines is 1. The Kier molecular flexibility index (Phi) is 2.80. The number of para-hydroxylation sites is 1. The van der Waals surface area contributed by atoms with Gasteiger partial charge in [-0.3, -0.25) is 9.36 Å². The van der Waals surface area contributed by atoms with E-state index in [2.05, 4.69) is 33.0 Å². The van der Waals surface area contributed by atoms with Crippen LogP contribution in [0.5, 0.6) is 0 Å². The van der Waals surface area contributed by atoms with Gasteiger partial charge in [-0.25, -0.2) is 4.98 Å². The zero-order chi connectivity index (χ0) is 16.4. The number of benzene rings is 2. The Balaban J connectivity index is 1.92. The number of aromatic nitrogens is 3. The summed E-state index contributed by atoms with van der Waals surface area (Å²) in [4.78, 5) is 21.3. The Labute approximate surface area is 146 Å². The fourth-order valence-corrected chi connectivity index (χ4v) is 4.35. The van der Waals surface area contributed by atoms with Crippen LogP contribution in [0.4, 0.5) is 0 Å². The Bertz CT molecular complexity index is 1200. The van der Waals surface area contributed by atoms with Crippen molar-refractivity contribution < 1.29 is 0 Å². The van der Waals surface area contributed by atoms with Crippen LogP contribution in [0.2, 0.25) is 0 Å². The number of fused-ring (bicyclic) bond motifs is 6. The van der Waals surface area contributed by atoms with E-state index in [1.165, 1.54) is 10.9 Å². The van der Waals surface area contributed by atoms with Gasteiger partial charge in [-0.15, -0.1) is 0 Å². The van der Waals surface area contributed by atoms with Crippen molar-refractivity contribution in [2.75, 3.05) is 0 Å². The zero-order valence-electron chi connectivity index (χ0n) is 13.1. The van der Waals surface area contributed by atoms with E-state index in [9.17, 15) is 4.79 Å². The summed E-state index contributed by atoms with van der Waals surface area (Å²) in [5, 5.41) is 1.89. The summed E-state index contributed by atoms with van der Waals surface area (Å²) in [5.74, 6) is 0.731. The average molecular weight is 380 g/mol. The van der Waals surface area contributed by atoms with E-state index in [1.54, 1.807) is 4.57 Å². The first-order valence-electron chi connectivity index (χ1n) is 7.94. The third-order valence-corrected chi connectivity index (χ3v) is 5.38. The SMILES string of the molecule is Cc1cc(Br)c2nc3n(c(=O)c2c1)CCc1c-3[nH]c2ccccc12. The standard InChI is InChI=1S/C19H14BrN3O/c1-10-8-13-16(14(20)9-10)22-18-17-12(6-7-23(18)19(13)24)11-4-2-3-5-15(11)21-17/h2-5,8-9,21H,6-7H2,1H3. The van der Waals surface area contributed by atoms with Crippen LogP contribution in [-0.2, 0) is 13.0 Å². The number of halogens is 1. The highest BCUT2D eigenvalue weighted by atomic mass is 79.9. The van der Waals surface area contributed by atoms with Gasteiger partial charge >= 0.3 is 0 Å². The molecular formula is C19H14BrN3O. The molecule has 0 fully saturated rings. The first kappa shape index (κ1) is 14.0. The molecule has 0 aliphatic carbocycles. The predicted octanol–water partition coefficient (Wildman–Crippen LogP) is 4.17. The number of nitrogens with zero attached hydrogens (tertiary/aromatic N) is 2. The van der Waals surface area contributed by atoms with Crippen LogP contribution >= 0.6 is 15.9 Å². The van der Waals surface area contributed by atoms with E-state index in [0.29, 0.717) is 11.9 Å². The van der Waals surface area contributed by atoms with Gasteiger partial charge in [0.15, 0.2) is 5.82 Å². The molecule has 3 heterocycles. The highest BCUT2D eigenvalue weighted by Crippen LogP contribution is 2.34. The Morgan fingerprint density at radius 2 is 2.04 bits per heavy atom. The second-order valence-electron chi connectivity index (χ2n) is 6.31. The quantitative estimate of drug-likeness (QED) is 0.498. The largest absolute Gasteiger partial charge is 0.352 e. The predicted molar refractivity (Wildman–Crippen MR) is 99.4 cm³/mol. The van der Waals surface area contributed by atoms with Gasteiger partial charge in [0.2, 0.25) is 0 Å². The lowest BCUT2D eigenvalue weighted by Crippen LogP contribution is -2.27. The number of H-pyrrole nitrogens is 1. The molecule has 0 spiro atoms. The molecule has 5 heteroatoms. The lowest BCUT2D eigenvalue weighted by Gasteiger charge is -2.19. The molecular weight excluding hydrogens is 366 g/mol. The summed E-state index contributed by atoms with van der Waals surface area (Å²) in [5.41, 5.74) is 5.12. The van der Waals surface area contributed by atoms with Crippen molar-refractivity contribution >= 4 is 37.7 Å². The molecule has 1 N–H and O–H groups in total. The molecule has 2 aromatic heterocycles. The normalized spacial score (nSPS) is 13.2. The van der Waals surface area contributed by atoms with Crippen LogP contribution in [0, 0.1) is 6.92 Å². The summed E-state index contributed by atoms with van der Waals surface area (Å²) in [6, 6.07) is 12.2. The number of hydrogen-bond acceptors (Lipinski definition) is 2. The molecule has 1 aliphatic rings. The highest BCUT2D eigenvalue weighted by molar-refractivity contribution is 9.10. The maximum absolute atomic E-state index is 13.0. The van der Waals surface area contributed by atoms with Crippen LogP contribution in [0.25, 0.3) is 33.3 Å². The summed E-state index contributed by atoms with van der Waals surface area (Å²) in [7, 11) is 0. The topological polar surface area (TPSA) is 50.7 Å². The maximum Gasteiger partial charge on any atom is 0.261 e. The van der Waals surface area contributed by atoms with Crippen molar-refractivity contribution in [1.82, 2.24) is 14.5 Å². The zero-order valence-corrected chi connectivity index (χ0v) is 14.6. The summed E-state index contributed by atoms with van der Waals surface area (Å²) >= 11 is 3.56. The Morgan fingerprint density at radius 1 is 1.21 bits per heavy atom. The van der Waals surface area contributed by atoms with E-state index < -0.39 is 0 Å². The minimum atomic E-state index is 0.0312. The molecule has 118 valence electrons. The lowest BCUT2D eigenvalue weighted by atomic mass is 10.0. The second-order valence-corrected chi connectivity index (χ2v) is 7.16. The smallest absolute Gasteiger partial charge is 0.261 e. The number of rotatable bonds is 0. The van der Waals surface area contributed by atoms with Crippen LogP contribution in [0.3, 0.4) is 0 Å². The molecule has 0 atom stereocenters. The van der Waals surface area contributed by atoms with E-state index in [0.717, 1.165) is 39.0 Å². The van der Waals surface area contributed by atoms with Gasteiger partial charge in [0, 0.05) is 21.9 Å². The molecule has 0 saturated carbocycles. The minimum absolute atomic E-state index is 0.0312. The van der Waals surface area contributed by atoms with E-state index >= 15 is 0 Å². The van der Waals surface area contributed by atoms with Crippen LogP contribution in [0.1, 0.15) is 11.1 Å². The van der Waals surface area contributed by atoms with Gasteiger partial charge < -0.3 is 4.98 Å². The van der Waals surface area contributed by atoms with Gasteiger partial charge in [0.05, 0.1) is 16.6 Å². The van der Waals surface area contributed by atoms with Crippen molar-refractivity contribution in [3.8, 4) is 11.5 Å². The molecule has 0 saturated heterocycles. The molecule has 1 aliphatic heterocycles. The van der Waals surface area contributed by atoms with Crippen molar-refractivity contribution in [3.63, 3.8) is 0 Å². The van der Waals surface area contributed by atoms with E-state index in [-0.39, 0.29) is 5.56 Å². The summed E-state index contributed by atoms with van der Waals surface area (Å²) < 4.78 is 2.66. The first-order chi connectivity index (χ1) is 11.6. The van der Waals surface area contributed by atoms with Crippen molar-refractivity contribution in [2.45, 2.75) is 19.9 Å². The van der Waals surface area contributed by atoms with Crippen molar-refractivity contribution in [1.29, 1.82) is 0 Å². The van der Waals surface area contributed by atoms with Gasteiger partial charge in [0.25, 0.3) is 5.56 Å². The van der Waals surface area contributed by atoms with E-state index in [1.807, 2.05) is 31.2 Å².